The van der Waals surface area contributed by atoms with Gasteiger partial charge in [-0.2, -0.15) is 0 Å². The highest BCUT2D eigenvalue weighted by molar-refractivity contribution is 5.47. The van der Waals surface area contributed by atoms with Crippen molar-refractivity contribution in [2.24, 2.45) is 23.7 Å². The highest BCUT2D eigenvalue weighted by atomic mass is 16.3. The van der Waals surface area contributed by atoms with Crippen LogP contribution >= 0.6 is 0 Å². The van der Waals surface area contributed by atoms with Gasteiger partial charge in [0.1, 0.15) is 5.75 Å². The molecule has 2 saturated carbocycles. The van der Waals surface area contributed by atoms with Crippen LogP contribution in [0.4, 0.5) is 0 Å². The largest absolute Gasteiger partial charge is 0.508 e. The van der Waals surface area contributed by atoms with Gasteiger partial charge in [0.05, 0.1) is 6.10 Å². The zero-order valence-corrected chi connectivity index (χ0v) is 15.4. The topological polar surface area (TPSA) is 40.5 Å². The van der Waals surface area contributed by atoms with Gasteiger partial charge in [-0.15, -0.1) is 0 Å². The molecule has 2 fully saturated rings. The molecule has 134 valence electrons. The lowest BCUT2D eigenvalue weighted by atomic mass is 9.48. The molecule has 0 spiro atoms. The molecule has 0 radical (unpaired) electrons. The van der Waals surface area contributed by atoms with E-state index in [9.17, 15) is 10.2 Å². The molecule has 0 heterocycles. The molecule has 3 aliphatic rings. The van der Waals surface area contributed by atoms with E-state index in [2.05, 4.69) is 38.1 Å². The first-order valence-electron chi connectivity index (χ1n) is 9.86. The van der Waals surface area contributed by atoms with Crippen LogP contribution in [0.2, 0.25) is 0 Å². The number of aromatic hydroxyl groups is 1. The van der Waals surface area contributed by atoms with Crippen LogP contribution in [0.3, 0.4) is 0 Å². The molecule has 2 N–H and O–H groups in total. The van der Waals surface area contributed by atoms with E-state index in [1.54, 1.807) is 0 Å². The van der Waals surface area contributed by atoms with E-state index in [1.165, 1.54) is 36.8 Å². The number of phenolic OH excluding ortho intramolecular Hbond substituents is 1. The Balaban J connectivity index is 1.86. The molecule has 4 rings (SSSR count). The first-order valence-corrected chi connectivity index (χ1v) is 9.86. The molecule has 2 nitrogen and oxygen atoms in total. The summed E-state index contributed by atoms with van der Waals surface area (Å²) in [5.41, 5.74) is 2.73. The molecule has 25 heavy (non-hydrogen) atoms. The molecule has 0 amide bonds. The van der Waals surface area contributed by atoms with Gasteiger partial charge in [0.25, 0.3) is 0 Å². The van der Waals surface area contributed by atoms with Gasteiger partial charge < -0.3 is 10.2 Å². The number of hydrogen-bond donors (Lipinski definition) is 2. The Kier molecular flexibility index (Phi) is 4.27. The number of rotatable bonds is 2. The number of aliphatic hydroxyl groups excluding tert-OH is 1. The van der Waals surface area contributed by atoms with Crippen molar-refractivity contribution in [3.05, 3.63) is 53.6 Å². The third-order valence-electron chi connectivity index (χ3n) is 7.05. The number of fused-ring (bicyclic) bond motifs is 2. The van der Waals surface area contributed by atoms with Crippen LogP contribution in [0.1, 0.15) is 51.5 Å². The van der Waals surface area contributed by atoms with Crippen LogP contribution in [-0.2, 0) is 5.41 Å². The Morgan fingerprint density at radius 2 is 1.76 bits per heavy atom. The lowest BCUT2D eigenvalue weighted by Crippen LogP contribution is -2.50. The van der Waals surface area contributed by atoms with Gasteiger partial charge in [-0.25, -0.2) is 0 Å². The predicted molar refractivity (Wildman–Crippen MR) is 101 cm³/mol. The lowest BCUT2D eigenvalue weighted by molar-refractivity contribution is 0.0391. The Morgan fingerprint density at radius 1 is 1.00 bits per heavy atom. The van der Waals surface area contributed by atoms with Crippen molar-refractivity contribution in [2.45, 2.75) is 57.5 Å². The normalized spacial score (nSPS) is 40.6. The second-order valence-corrected chi connectivity index (χ2v) is 8.75. The van der Waals surface area contributed by atoms with E-state index < -0.39 is 0 Å². The Hall–Kier alpha value is -1.54. The van der Waals surface area contributed by atoms with Crippen LogP contribution in [-0.4, -0.2) is 16.3 Å². The van der Waals surface area contributed by atoms with E-state index in [-0.39, 0.29) is 11.5 Å². The molecular weight excluding hydrogens is 308 g/mol. The summed E-state index contributed by atoms with van der Waals surface area (Å²) >= 11 is 0. The minimum absolute atomic E-state index is 0.00944. The van der Waals surface area contributed by atoms with Crippen LogP contribution in [0.5, 0.6) is 5.75 Å². The number of hydrogen-bond acceptors (Lipinski definition) is 2. The van der Waals surface area contributed by atoms with E-state index >= 15 is 0 Å². The summed E-state index contributed by atoms with van der Waals surface area (Å²) in [6, 6.07) is 7.94. The van der Waals surface area contributed by atoms with Crippen molar-refractivity contribution in [3.8, 4) is 5.75 Å². The minimum atomic E-state index is -0.349. The van der Waals surface area contributed by atoms with Crippen molar-refractivity contribution < 1.29 is 10.2 Å². The van der Waals surface area contributed by atoms with E-state index in [1.807, 2.05) is 18.2 Å². The second kappa shape index (κ2) is 6.32. The maximum absolute atomic E-state index is 9.94. The van der Waals surface area contributed by atoms with Crippen LogP contribution in [0.15, 0.2) is 48.1 Å². The Labute approximate surface area is 151 Å². The standard InChI is InChI=1S/C23H30O2/c1-15-11-17-13-16(2)23(20(12-15)14-17,18-3-7-21(24)8-4-18)19-5-9-22(25)10-6-19/h3-9,15-17,20,22,24-25H,10-14H2,1-2H3. The molecule has 0 aromatic heterocycles. The first-order chi connectivity index (χ1) is 12.0. The molecule has 0 saturated heterocycles. The maximum atomic E-state index is 9.94. The van der Waals surface area contributed by atoms with Crippen molar-refractivity contribution in [2.75, 3.05) is 0 Å². The highest BCUT2D eigenvalue weighted by Gasteiger charge is 2.53. The van der Waals surface area contributed by atoms with Crippen molar-refractivity contribution >= 4 is 0 Å². The number of benzene rings is 1. The highest BCUT2D eigenvalue weighted by Crippen LogP contribution is 2.59. The summed E-state index contributed by atoms with van der Waals surface area (Å²) < 4.78 is 0. The molecule has 1 aromatic rings. The number of allylic oxidation sites excluding steroid dienone is 2. The fraction of sp³-hybridized carbons (Fsp3) is 0.565. The fourth-order valence-electron chi connectivity index (χ4n) is 6.26. The van der Waals surface area contributed by atoms with Crippen LogP contribution in [0, 0.1) is 23.7 Å². The zero-order valence-electron chi connectivity index (χ0n) is 15.4. The fourth-order valence-corrected chi connectivity index (χ4v) is 6.26. The van der Waals surface area contributed by atoms with Crippen LogP contribution in [0.25, 0.3) is 0 Å². The molecule has 6 unspecified atom stereocenters. The summed E-state index contributed by atoms with van der Waals surface area (Å²) in [7, 11) is 0. The van der Waals surface area contributed by atoms with Gasteiger partial charge in [0.15, 0.2) is 0 Å². The molecule has 1 aromatic carbocycles. The SMILES string of the molecule is CC1CC2CC(C)C(C3=CCC(O)C=C3)(c3ccc(O)cc3)C(C1)C2. The minimum Gasteiger partial charge on any atom is -0.508 e. The van der Waals surface area contributed by atoms with Crippen LogP contribution < -0.4 is 0 Å². The van der Waals surface area contributed by atoms with Gasteiger partial charge in [0, 0.05) is 5.41 Å². The summed E-state index contributed by atoms with van der Waals surface area (Å²) in [6.45, 7) is 4.83. The van der Waals surface area contributed by atoms with Gasteiger partial charge in [-0.1, -0.05) is 44.2 Å². The van der Waals surface area contributed by atoms with Gasteiger partial charge in [0.2, 0.25) is 0 Å². The Morgan fingerprint density at radius 3 is 2.44 bits per heavy atom. The average Bonchev–Trinajstić information content (AvgIpc) is 2.57. The monoisotopic (exact) mass is 338 g/mol. The van der Waals surface area contributed by atoms with Crippen molar-refractivity contribution in [1.82, 2.24) is 0 Å². The summed E-state index contributed by atoms with van der Waals surface area (Å²) in [5.74, 6) is 3.18. The van der Waals surface area contributed by atoms with E-state index in [0.29, 0.717) is 24.0 Å². The quantitative estimate of drug-likeness (QED) is 0.799. The molecule has 3 aliphatic carbocycles. The van der Waals surface area contributed by atoms with E-state index in [4.69, 9.17) is 0 Å². The predicted octanol–water partition coefficient (Wildman–Crippen LogP) is 4.97. The lowest BCUT2D eigenvalue weighted by Gasteiger charge is -2.56. The first kappa shape index (κ1) is 16.9. The average molecular weight is 338 g/mol. The number of aliphatic hydroxyl groups is 1. The second-order valence-electron chi connectivity index (χ2n) is 8.75. The van der Waals surface area contributed by atoms with Crippen molar-refractivity contribution in [3.63, 3.8) is 0 Å². The summed E-state index contributed by atoms with van der Waals surface area (Å²) in [4.78, 5) is 0. The smallest absolute Gasteiger partial charge is 0.115 e. The van der Waals surface area contributed by atoms with E-state index in [0.717, 1.165) is 11.8 Å². The van der Waals surface area contributed by atoms with Gasteiger partial charge in [-0.3, -0.25) is 0 Å². The molecule has 2 bridgehead atoms. The number of phenols is 1. The zero-order chi connectivity index (χ0) is 17.6. The molecule has 0 aliphatic heterocycles. The third kappa shape index (κ3) is 2.75. The maximum Gasteiger partial charge on any atom is 0.115 e. The molecule has 2 heteroatoms. The van der Waals surface area contributed by atoms with Gasteiger partial charge >= 0.3 is 0 Å². The summed E-state index contributed by atoms with van der Waals surface area (Å²) in [5, 5.41) is 19.7. The Bertz CT molecular complexity index is 683. The third-order valence-corrected chi connectivity index (χ3v) is 7.05. The molecular formula is C23H30O2. The molecule has 6 atom stereocenters. The van der Waals surface area contributed by atoms with Gasteiger partial charge in [-0.05, 0) is 79.0 Å². The van der Waals surface area contributed by atoms with Crippen molar-refractivity contribution in [1.29, 1.82) is 0 Å². The summed E-state index contributed by atoms with van der Waals surface area (Å²) in [6.07, 6.45) is 12.0.